The van der Waals surface area contributed by atoms with Gasteiger partial charge in [-0.1, -0.05) is 23.9 Å². The molecule has 0 fully saturated rings. The van der Waals surface area contributed by atoms with Crippen LogP contribution in [0.15, 0.2) is 40.3 Å². The predicted octanol–water partition coefficient (Wildman–Crippen LogP) is 2.43. The van der Waals surface area contributed by atoms with Crippen molar-refractivity contribution in [3.8, 4) is 11.9 Å². The number of carbonyl (C=O) groups excluding carboxylic acids is 1. The van der Waals surface area contributed by atoms with Crippen molar-refractivity contribution < 1.29 is 19.0 Å². The Balaban J connectivity index is 2.36. The highest BCUT2D eigenvalue weighted by Crippen LogP contribution is 2.31. The van der Waals surface area contributed by atoms with Crippen LogP contribution >= 0.6 is 11.8 Å². The minimum Gasteiger partial charge on any atom is -0.481 e. The molecule has 110 valence electrons. The van der Waals surface area contributed by atoms with Crippen molar-refractivity contribution in [3.63, 3.8) is 0 Å². The summed E-state index contributed by atoms with van der Waals surface area (Å²) in [4.78, 5) is 20.7. The Kier molecular flexibility index (Phi) is 4.99. The molecule has 0 saturated carbocycles. The first-order valence-corrected chi connectivity index (χ1v) is 6.82. The van der Waals surface area contributed by atoms with Crippen LogP contribution in [0.25, 0.3) is 0 Å². The second kappa shape index (κ2) is 6.94. The van der Waals surface area contributed by atoms with E-state index in [2.05, 4.69) is 9.97 Å². The third-order valence-corrected chi connectivity index (χ3v) is 3.55. The first kappa shape index (κ1) is 15.1. The second-order valence-electron chi connectivity index (χ2n) is 3.83. The Labute approximate surface area is 126 Å². The number of carbonyl (C=O) groups is 1. The van der Waals surface area contributed by atoms with Crippen LogP contribution < -0.4 is 9.47 Å². The van der Waals surface area contributed by atoms with E-state index in [1.165, 1.54) is 33.1 Å². The average molecular weight is 306 g/mol. The van der Waals surface area contributed by atoms with Crippen LogP contribution in [0.2, 0.25) is 0 Å². The zero-order chi connectivity index (χ0) is 15.2. The number of hydrogen-bond donors (Lipinski definition) is 0. The van der Waals surface area contributed by atoms with E-state index in [1.54, 1.807) is 18.2 Å². The topological polar surface area (TPSA) is 70.5 Å². The number of esters is 1. The standard InChI is InChI=1S/C14H14N2O4S/c1-18-11-8-12(16-14(15-11)20-3)21-10-7-5-4-6-9(10)13(17)19-2/h4-8H,1-3H3. The summed E-state index contributed by atoms with van der Waals surface area (Å²) in [7, 11) is 4.34. The van der Waals surface area contributed by atoms with Crippen molar-refractivity contribution in [2.45, 2.75) is 9.92 Å². The van der Waals surface area contributed by atoms with Crippen LogP contribution in [0.5, 0.6) is 11.9 Å². The molecule has 0 bridgehead atoms. The summed E-state index contributed by atoms with van der Waals surface area (Å²) >= 11 is 1.31. The lowest BCUT2D eigenvalue weighted by atomic mass is 10.2. The van der Waals surface area contributed by atoms with Gasteiger partial charge in [0.25, 0.3) is 0 Å². The lowest BCUT2D eigenvalue weighted by Gasteiger charge is -2.08. The van der Waals surface area contributed by atoms with Gasteiger partial charge in [-0.05, 0) is 12.1 Å². The zero-order valence-electron chi connectivity index (χ0n) is 11.8. The molecular weight excluding hydrogens is 292 g/mol. The number of benzene rings is 1. The molecule has 1 heterocycles. The molecule has 0 amide bonds. The van der Waals surface area contributed by atoms with Crippen molar-refractivity contribution in [1.29, 1.82) is 0 Å². The van der Waals surface area contributed by atoms with Gasteiger partial charge in [0, 0.05) is 11.0 Å². The third-order valence-electron chi connectivity index (χ3n) is 2.56. The summed E-state index contributed by atoms with van der Waals surface area (Å²) in [6, 6.07) is 9.00. The van der Waals surface area contributed by atoms with E-state index in [-0.39, 0.29) is 6.01 Å². The fourth-order valence-electron chi connectivity index (χ4n) is 1.58. The van der Waals surface area contributed by atoms with E-state index >= 15 is 0 Å². The van der Waals surface area contributed by atoms with E-state index in [1.807, 2.05) is 12.1 Å². The molecule has 1 aromatic carbocycles. The molecule has 0 aliphatic carbocycles. The molecule has 2 rings (SSSR count). The molecule has 6 nitrogen and oxygen atoms in total. The highest BCUT2D eigenvalue weighted by Gasteiger charge is 2.14. The van der Waals surface area contributed by atoms with E-state index < -0.39 is 5.97 Å². The van der Waals surface area contributed by atoms with E-state index in [0.717, 1.165) is 4.90 Å². The number of methoxy groups -OCH3 is 3. The van der Waals surface area contributed by atoms with Crippen LogP contribution in [0.4, 0.5) is 0 Å². The van der Waals surface area contributed by atoms with Crippen LogP contribution in [0.1, 0.15) is 10.4 Å². The fourth-order valence-corrected chi connectivity index (χ4v) is 2.50. The summed E-state index contributed by atoms with van der Waals surface area (Å²) < 4.78 is 14.9. The highest BCUT2D eigenvalue weighted by atomic mass is 32.2. The third kappa shape index (κ3) is 3.63. The second-order valence-corrected chi connectivity index (χ2v) is 4.89. The SMILES string of the molecule is COC(=O)c1ccccc1Sc1cc(OC)nc(OC)n1. The molecule has 0 radical (unpaired) electrons. The van der Waals surface area contributed by atoms with Gasteiger partial charge in [0.1, 0.15) is 5.03 Å². The van der Waals surface area contributed by atoms with Gasteiger partial charge in [0.2, 0.25) is 5.88 Å². The lowest BCUT2D eigenvalue weighted by Crippen LogP contribution is -2.03. The van der Waals surface area contributed by atoms with Gasteiger partial charge in [-0.2, -0.15) is 9.97 Å². The van der Waals surface area contributed by atoms with Gasteiger partial charge in [0.05, 0.1) is 26.9 Å². The Morgan fingerprint density at radius 2 is 1.86 bits per heavy atom. The van der Waals surface area contributed by atoms with E-state index in [0.29, 0.717) is 16.5 Å². The van der Waals surface area contributed by atoms with Crippen molar-refractivity contribution in [2.24, 2.45) is 0 Å². The Bertz CT molecular complexity index is 626. The van der Waals surface area contributed by atoms with Crippen molar-refractivity contribution in [1.82, 2.24) is 9.97 Å². The van der Waals surface area contributed by atoms with Crippen molar-refractivity contribution in [3.05, 3.63) is 35.9 Å². The van der Waals surface area contributed by atoms with Gasteiger partial charge in [0.15, 0.2) is 0 Å². The monoisotopic (exact) mass is 306 g/mol. The molecule has 7 heteroatoms. The first-order valence-electron chi connectivity index (χ1n) is 6.00. The number of hydrogen-bond acceptors (Lipinski definition) is 7. The number of rotatable bonds is 5. The normalized spacial score (nSPS) is 10.0. The summed E-state index contributed by atoms with van der Waals surface area (Å²) in [6.45, 7) is 0. The number of ether oxygens (including phenoxy) is 3. The lowest BCUT2D eigenvalue weighted by molar-refractivity contribution is 0.0597. The first-order chi connectivity index (χ1) is 10.2. The summed E-state index contributed by atoms with van der Waals surface area (Å²) in [5, 5.41) is 0.607. The van der Waals surface area contributed by atoms with Crippen molar-refractivity contribution >= 4 is 17.7 Å². The van der Waals surface area contributed by atoms with Crippen molar-refractivity contribution in [2.75, 3.05) is 21.3 Å². The van der Waals surface area contributed by atoms with Gasteiger partial charge in [-0.3, -0.25) is 0 Å². The minimum absolute atomic E-state index is 0.201. The maximum absolute atomic E-state index is 11.8. The van der Waals surface area contributed by atoms with E-state index in [4.69, 9.17) is 14.2 Å². The van der Waals surface area contributed by atoms with Gasteiger partial charge in [-0.25, -0.2) is 4.79 Å². The molecule has 0 N–H and O–H groups in total. The maximum atomic E-state index is 11.8. The average Bonchev–Trinajstić information content (AvgIpc) is 2.54. The van der Waals surface area contributed by atoms with Gasteiger partial charge in [-0.15, -0.1) is 0 Å². The van der Waals surface area contributed by atoms with Crippen LogP contribution in [0.3, 0.4) is 0 Å². The van der Waals surface area contributed by atoms with Crippen LogP contribution in [-0.2, 0) is 4.74 Å². The minimum atomic E-state index is -0.397. The molecule has 0 aliphatic heterocycles. The van der Waals surface area contributed by atoms with Crippen LogP contribution in [0, 0.1) is 0 Å². The molecule has 1 aromatic heterocycles. The smallest absolute Gasteiger partial charge is 0.339 e. The molecule has 0 atom stereocenters. The van der Waals surface area contributed by atoms with E-state index in [9.17, 15) is 4.79 Å². The molecule has 2 aromatic rings. The molecule has 0 aliphatic rings. The number of nitrogens with zero attached hydrogens (tertiary/aromatic N) is 2. The quantitative estimate of drug-likeness (QED) is 0.620. The summed E-state index contributed by atoms with van der Waals surface area (Å²) in [5.41, 5.74) is 0.474. The summed E-state index contributed by atoms with van der Waals surface area (Å²) in [5.74, 6) is -0.00835. The van der Waals surface area contributed by atoms with Crippen LogP contribution in [-0.4, -0.2) is 37.3 Å². The fraction of sp³-hybridized carbons (Fsp3) is 0.214. The summed E-state index contributed by atoms with van der Waals surface area (Å²) in [6.07, 6.45) is 0. The zero-order valence-corrected chi connectivity index (χ0v) is 12.6. The molecule has 0 saturated heterocycles. The maximum Gasteiger partial charge on any atom is 0.339 e. The molecular formula is C14H14N2O4S. The van der Waals surface area contributed by atoms with Gasteiger partial charge >= 0.3 is 12.0 Å². The Hall–Kier alpha value is -2.28. The molecule has 0 unspecified atom stereocenters. The highest BCUT2D eigenvalue weighted by molar-refractivity contribution is 7.99. The Morgan fingerprint density at radius 1 is 1.10 bits per heavy atom. The van der Waals surface area contributed by atoms with Gasteiger partial charge < -0.3 is 14.2 Å². The Morgan fingerprint density at radius 3 is 2.52 bits per heavy atom. The number of aromatic nitrogens is 2. The molecule has 21 heavy (non-hydrogen) atoms. The largest absolute Gasteiger partial charge is 0.481 e. The predicted molar refractivity (Wildman–Crippen MR) is 77.0 cm³/mol. The molecule has 0 spiro atoms.